The Hall–Kier alpha value is -6.45. The smallest absolute Gasteiger partial charge is 0.326 e. The van der Waals surface area contributed by atoms with Crippen molar-refractivity contribution in [1.29, 1.82) is 0 Å². The van der Waals surface area contributed by atoms with E-state index in [2.05, 4.69) is 34.3 Å². The van der Waals surface area contributed by atoms with Crippen LogP contribution in [0, 0.1) is 13.8 Å². The minimum atomic E-state index is -1.11. The Balaban J connectivity index is 1.02. The van der Waals surface area contributed by atoms with E-state index in [9.17, 15) is 14.7 Å². The second-order valence-electron chi connectivity index (χ2n) is 15.1. The lowest BCUT2D eigenvalue weighted by Gasteiger charge is -2.42. The first-order chi connectivity index (χ1) is 28.2. The number of fused-ring (bicyclic) bond motifs is 2. The van der Waals surface area contributed by atoms with Crippen molar-refractivity contribution in [2.45, 2.75) is 70.8 Å². The van der Waals surface area contributed by atoms with E-state index in [1.54, 1.807) is 6.20 Å². The lowest BCUT2D eigenvalue weighted by molar-refractivity contribution is -0.143. The largest absolute Gasteiger partial charge is 0.485 e. The van der Waals surface area contributed by atoms with Crippen LogP contribution in [0.5, 0.6) is 23.0 Å². The third kappa shape index (κ3) is 8.31. The highest BCUT2D eigenvalue weighted by atomic mass is 16.6. The molecule has 3 heterocycles. The summed E-state index contributed by atoms with van der Waals surface area (Å²) in [6.45, 7) is 6.95. The number of hydrogen-bond donors (Lipinski definition) is 2. The van der Waals surface area contributed by atoms with Gasteiger partial charge >= 0.3 is 5.97 Å². The molecule has 0 radical (unpaired) electrons. The number of ether oxygens (including phenoxy) is 3. The van der Waals surface area contributed by atoms with Crippen molar-refractivity contribution in [3.8, 4) is 34.1 Å². The number of rotatable bonds is 12. The van der Waals surface area contributed by atoms with Crippen LogP contribution in [-0.2, 0) is 29.0 Å². The summed E-state index contributed by atoms with van der Waals surface area (Å²) >= 11 is 0. The SMILES string of the molecule is CC[C@@H](c1ccccc1)N1Cc2cc3c(cc2C[C@H]1C(=O)N[C@@H](Cc1ccc(-c2ccnc(C)c2C)cc1)C(=O)O)OC[C@H](c1ccc(Oc2ccccc2)cc1)O3. The first-order valence-electron chi connectivity index (χ1n) is 19.9. The van der Waals surface area contributed by atoms with E-state index in [0.29, 0.717) is 31.1 Å². The first kappa shape index (κ1) is 38.4. The quantitative estimate of drug-likeness (QED) is 0.127. The fourth-order valence-electron chi connectivity index (χ4n) is 8.10. The molecule has 1 aromatic heterocycles. The molecule has 58 heavy (non-hydrogen) atoms. The van der Waals surface area contributed by atoms with Gasteiger partial charge in [0.25, 0.3) is 0 Å². The summed E-state index contributed by atoms with van der Waals surface area (Å²) in [6, 6.07) is 39.8. The number of amides is 1. The van der Waals surface area contributed by atoms with E-state index in [1.165, 1.54) is 0 Å². The van der Waals surface area contributed by atoms with Gasteiger partial charge in [-0.2, -0.15) is 0 Å². The number of carboxylic acids is 1. The summed E-state index contributed by atoms with van der Waals surface area (Å²) in [7, 11) is 0. The Kier molecular flexibility index (Phi) is 11.2. The van der Waals surface area contributed by atoms with Crippen LogP contribution in [0.25, 0.3) is 11.1 Å². The first-order valence-corrected chi connectivity index (χ1v) is 19.9. The summed E-state index contributed by atoms with van der Waals surface area (Å²) in [5, 5.41) is 13.3. The molecule has 6 aromatic rings. The number of aliphatic carboxylic acids is 1. The zero-order chi connectivity index (χ0) is 40.2. The second kappa shape index (κ2) is 17.0. The number of carbonyl (C=O) groups excluding carboxylic acids is 1. The number of carbonyl (C=O) groups is 2. The molecule has 9 heteroatoms. The van der Waals surface area contributed by atoms with Crippen molar-refractivity contribution in [1.82, 2.24) is 15.2 Å². The summed E-state index contributed by atoms with van der Waals surface area (Å²) in [4.78, 5) is 33.7. The molecule has 4 atom stereocenters. The molecule has 0 saturated heterocycles. The third-order valence-electron chi connectivity index (χ3n) is 11.4. The van der Waals surface area contributed by atoms with Crippen LogP contribution >= 0.6 is 0 Å². The predicted octanol–water partition coefficient (Wildman–Crippen LogP) is 9.36. The molecule has 8 rings (SSSR count). The lowest BCUT2D eigenvalue weighted by Crippen LogP contribution is -2.55. The van der Waals surface area contributed by atoms with Gasteiger partial charge in [0, 0.05) is 30.9 Å². The van der Waals surface area contributed by atoms with Crippen LogP contribution in [0.2, 0.25) is 0 Å². The van der Waals surface area contributed by atoms with E-state index in [0.717, 1.165) is 68.1 Å². The van der Waals surface area contributed by atoms with Gasteiger partial charge in [-0.15, -0.1) is 0 Å². The molecular formula is C49H47N3O6. The number of benzene rings is 5. The zero-order valence-electron chi connectivity index (χ0n) is 32.9. The normalized spacial score (nSPS) is 17.1. The molecule has 0 unspecified atom stereocenters. The summed E-state index contributed by atoms with van der Waals surface area (Å²) in [5.74, 6) is 1.39. The van der Waals surface area contributed by atoms with E-state index in [4.69, 9.17) is 14.2 Å². The van der Waals surface area contributed by atoms with Crippen LogP contribution in [0.1, 0.15) is 64.6 Å². The molecule has 1 amide bonds. The Labute approximate surface area is 339 Å². The van der Waals surface area contributed by atoms with Gasteiger partial charge in [0.15, 0.2) is 17.6 Å². The standard InChI is InChI=1S/C49H47N3O6/c1-4-43(35-11-7-5-8-12-35)52-29-38-28-46-45(56-30-47(58-46)36-19-21-40(22-20-36)57-39-13-9-6-10-14-39)27-37(38)26-44(52)48(53)51-42(49(54)55)25-33-15-17-34(18-16-33)41-23-24-50-32(3)31(41)2/h5-24,27-28,42-44,47H,4,25-26,29-30H2,1-3H3,(H,51,53)(H,54,55)/t42-,43-,44-,47+/m0/s1. The molecular weight excluding hydrogens is 727 g/mol. The summed E-state index contributed by atoms with van der Waals surface area (Å²) in [6.07, 6.45) is 2.78. The molecule has 0 fully saturated rings. The number of nitrogens with one attached hydrogen (secondary N) is 1. The van der Waals surface area contributed by atoms with E-state index >= 15 is 0 Å². The van der Waals surface area contributed by atoms with Gasteiger partial charge in [-0.3, -0.25) is 14.7 Å². The second-order valence-corrected chi connectivity index (χ2v) is 15.1. The molecule has 9 nitrogen and oxygen atoms in total. The number of aromatic nitrogens is 1. The third-order valence-corrected chi connectivity index (χ3v) is 11.4. The van der Waals surface area contributed by atoms with Crippen molar-refractivity contribution in [3.05, 3.63) is 173 Å². The number of pyridine rings is 1. The Morgan fingerprint density at radius 1 is 0.862 bits per heavy atom. The molecule has 2 aliphatic rings. The predicted molar refractivity (Wildman–Crippen MR) is 223 cm³/mol. The number of para-hydroxylation sites is 1. The molecule has 2 N–H and O–H groups in total. The van der Waals surface area contributed by atoms with Crippen LogP contribution in [0.3, 0.4) is 0 Å². The molecule has 0 spiro atoms. The van der Waals surface area contributed by atoms with Crippen LogP contribution in [0.4, 0.5) is 0 Å². The van der Waals surface area contributed by atoms with Crippen LogP contribution in [-0.4, -0.2) is 45.6 Å². The van der Waals surface area contributed by atoms with Crippen LogP contribution in [0.15, 0.2) is 134 Å². The van der Waals surface area contributed by atoms with Crippen molar-refractivity contribution in [2.24, 2.45) is 0 Å². The maximum atomic E-state index is 14.4. The summed E-state index contributed by atoms with van der Waals surface area (Å²) in [5.41, 5.74) is 9.09. The van der Waals surface area contributed by atoms with Gasteiger partial charge < -0.3 is 24.6 Å². The Morgan fingerprint density at radius 2 is 1.55 bits per heavy atom. The highest BCUT2D eigenvalue weighted by Gasteiger charge is 2.38. The van der Waals surface area contributed by atoms with Crippen molar-refractivity contribution < 1.29 is 28.9 Å². The number of nitrogens with zero attached hydrogens (tertiary/aromatic N) is 2. The molecule has 0 aliphatic carbocycles. The van der Waals surface area contributed by atoms with Crippen molar-refractivity contribution in [3.63, 3.8) is 0 Å². The van der Waals surface area contributed by atoms with Gasteiger partial charge in [-0.1, -0.05) is 91.9 Å². The highest BCUT2D eigenvalue weighted by molar-refractivity contribution is 5.87. The lowest BCUT2D eigenvalue weighted by atomic mass is 9.89. The van der Waals surface area contributed by atoms with Gasteiger partial charge in [0.2, 0.25) is 5.91 Å². The summed E-state index contributed by atoms with van der Waals surface area (Å²) < 4.78 is 18.9. The monoisotopic (exact) mass is 773 g/mol. The van der Waals surface area contributed by atoms with E-state index < -0.39 is 18.1 Å². The molecule has 294 valence electrons. The zero-order valence-corrected chi connectivity index (χ0v) is 32.9. The van der Waals surface area contributed by atoms with E-state index in [-0.39, 0.29) is 24.5 Å². The van der Waals surface area contributed by atoms with Gasteiger partial charge in [0.05, 0.1) is 6.04 Å². The minimum Gasteiger partial charge on any atom is -0.485 e. The highest BCUT2D eigenvalue weighted by Crippen LogP contribution is 2.43. The number of aryl methyl sites for hydroxylation is 1. The van der Waals surface area contributed by atoms with Gasteiger partial charge in [-0.25, -0.2) is 4.79 Å². The number of hydrogen-bond acceptors (Lipinski definition) is 7. The molecule has 2 aliphatic heterocycles. The fourth-order valence-corrected chi connectivity index (χ4v) is 8.10. The Morgan fingerprint density at radius 3 is 2.26 bits per heavy atom. The molecule has 0 bridgehead atoms. The minimum absolute atomic E-state index is 0.0845. The average molecular weight is 774 g/mol. The number of carboxylic acid groups (broad SMARTS) is 1. The van der Waals surface area contributed by atoms with Gasteiger partial charge in [-0.05, 0) is 114 Å². The van der Waals surface area contributed by atoms with Gasteiger partial charge in [0.1, 0.15) is 24.1 Å². The molecule has 5 aromatic carbocycles. The van der Waals surface area contributed by atoms with E-state index in [1.807, 2.05) is 129 Å². The van der Waals surface area contributed by atoms with Crippen molar-refractivity contribution in [2.75, 3.05) is 6.61 Å². The Bertz CT molecular complexity index is 2390. The fraction of sp³-hybridized carbons (Fsp3) is 0.245. The maximum absolute atomic E-state index is 14.4. The van der Waals surface area contributed by atoms with Crippen molar-refractivity contribution >= 4 is 11.9 Å². The van der Waals surface area contributed by atoms with Crippen LogP contribution < -0.4 is 19.5 Å². The maximum Gasteiger partial charge on any atom is 0.326 e. The molecule has 0 saturated carbocycles. The topological polar surface area (TPSA) is 110 Å². The average Bonchev–Trinajstić information content (AvgIpc) is 3.25.